The topological polar surface area (TPSA) is 76.4 Å². The fraction of sp³-hybridized carbons (Fsp3) is 0.263. The van der Waals surface area contributed by atoms with Gasteiger partial charge in [-0.25, -0.2) is 4.98 Å². The highest BCUT2D eigenvalue weighted by Crippen LogP contribution is 2.22. The van der Waals surface area contributed by atoms with E-state index in [0.717, 1.165) is 20.6 Å². The van der Waals surface area contributed by atoms with Crippen molar-refractivity contribution in [3.05, 3.63) is 61.7 Å². The average molecular weight is 465 g/mol. The van der Waals surface area contributed by atoms with Gasteiger partial charge in [-0.15, -0.1) is 0 Å². The first-order valence-electron chi connectivity index (χ1n) is 8.22. The lowest BCUT2D eigenvalue weighted by molar-refractivity contribution is 0.311. The molecule has 0 radical (unpaired) electrons. The number of aromatic nitrogens is 2. The SMILES string of the molecule is COc1ccc(Cn2c(C)nc3c(I)cc(NCCO)cc3c2=O)cc1. The molecule has 2 aromatic carbocycles. The van der Waals surface area contributed by atoms with Crippen LogP contribution in [-0.4, -0.2) is 34.9 Å². The first-order chi connectivity index (χ1) is 12.5. The summed E-state index contributed by atoms with van der Waals surface area (Å²) in [7, 11) is 1.63. The zero-order valence-electron chi connectivity index (χ0n) is 14.6. The van der Waals surface area contributed by atoms with Crippen LogP contribution in [0.4, 0.5) is 5.69 Å². The molecule has 6 nitrogen and oxygen atoms in total. The van der Waals surface area contributed by atoms with Crippen molar-refractivity contribution in [2.45, 2.75) is 13.5 Å². The molecule has 0 aliphatic heterocycles. The number of benzene rings is 2. The van der Waals surface area contributed by atoms with Gasteiger partial charge in [-0.1, -0.05) is 12.1 Å². The van der Waals surface area contributed by atoms with Crippen molar-refractivity contribution in [3.8, 4) is 5.75 Å². The molecule has 0 fully saturated rings. The van der Waals surface area contributed by atoms with Gasteiger partial charge in [0.1, 0.15) is 11.6 Å². The van der Waals surface area contributed by atoms with Crippen molar-refractivity contribution in [1.29, 1.82) is 0 Å². The summed E-state index contributed by atoms with van der Waals surface area (Å²) in [6, 6.07) is 11.4. The van der Waals surface area contributed by atoms with Crippen molar-refractivity contribution in [2.24, 2.45) is 0 Å². The second-order valence-corrected chi connectivity index (χ2v) is 7.07. The number of nitrogens with zero attached hydrogens (tertiary/aromatic N) is 2. The Balaban J connectivity index is 2.05. The number of nitrogens with one attached hydrogen (secondary N) is 1. The molecule has 7 heteroatoms. The molecule has 2 N–H and O–H groups in total. The Bertz CT molecular complexity index is 984. The van der Waals surface area contributed by atoms with Crippen molar-refractivity contribution < 1.29 is 9.84 Å². The Kier molecular flexibility index (Phi) is 5.77. The molecule has 0 unspecified atom stereocenters. The minimum absolute atomic E-state index is 0.0302. The van der Waals surface area contributed by atoms with Gasteiger partial charge in [-0.3, -0.25) is 9.36 Å². The molecule has 26 heavy (non-hydrogen) atoms. The van der Waals surface area contributed by atoms with Gasteiger partial charge in [0.25, 0.3) is 5.56 Å². The zero-order chi connectivity index (χ0) is 18.7. The standard InChI is InChI=1S/C19H20IN3O3/c1-12-22-18-16(9-14(10-17(18)20)21-7-8-24)19(25)23(12)11-13-3-5-15(26-2)6-4-13/h3-6,9-10,21,24H,7-8,11H2,1-2H3. The van der Waals surface area contributed by atoms with Crippen LogP contribution in [0.3, 0.4) is 0 Å². The molecular weight excluding hydrogens is 445 g/mol. The van der Waals surface area contributed by atoms with Crippen LogP contribution in [0.5, 0.6) is 5.75 Å². The van der Waals surface area contributed by atoms with E-state index in [2.05, 4.69) is 32.9 Å². The summed E-state index contributed by atoms with van der Waals surface area (Å²) < 4.78 is 7.75. The van der Waals surface area contributed by atoms with E-state index in [1.54, 1.807) is 17.7 Å². The Labute approximate surface area is 165 Å². The number of hydrogen-bond acceptors (Lipinski definition) is 5. The molecule has 0 atom stereocenters. The van der Waals surface area contributed by atoms with Crippen LogP contribution in [-0.2, 0) is 6.54 Å². The summed E-state index contributed by atoms with van der Waals surface area (Å²) in [4.78, 5) is 17.7. The zero-order valence-corrected chi connectivity index (χ0v) is 16.8. The number of methoxy groups -OCH3 is 1. The first-order valence-corrected chi connectivity index (χ1v) is 9.29. The van der Waals surface area contributed by atoms with E-state index in [1.807, 2.05) is 37.3 Å². The van der Waals surface area contributed by atoms with Gasteiger partial charge in [0, 0.05) is 15.8 Å². The fourth-order valence-corrected chi connectivity index (χ4v) is 3.54. The van der Waals surface area contributed by atoms with Crippen LogP contribution < -0.4 is 15.6 Å². The van der Waals surface area contributed by atoms with Crippen molar-refractivity contribution in [2.75, 3.05) is 25.6 Å². The van der Waals surface area contributed by atoms with E-state index in [9.17, 15) is 4.79 Å². The molecule has 0 aliphatic carbocycles. The largest absolute Gasteiger partial charge is 0.497 e. The minimum atomic E-state index is -0.0751. The third-order valence-corrected chi connectivity index (χ3v) is 4.97. The molecular formula is C19H20IN3O3. The summed E-state index contributed by atoms with van der Waals surface area (Å²) in [6.45, 7) is 2.75. The summed E-state index contributed by atoms with van der Waals surface area (Å²) in [6.07, 6.45) is 0. The predicted molar refractivity (Wildman–Crippen MR) is 111 cm³/mol. The third-order valence-electron chi connectivity index (χ3n) is 4.14. The first kappa shape index (κ1) is 18.7. The molecule has 0 saturated carbocycles. The number of rotatable bonds is 6. The normalized spacial score (nSPS) is 10.9. The highest BCUT2D eigenvalue weighted by Gasteiger charge is 2.12. The molecule has 1 aromatic heterocycles. The number of hydrogen-bond donors (Lipinski definition) is 2. The smallest absolute Gasteiger partial charge is 0.261 e. The van der Waals surface area contributed by atoms with Crippen molar-refractivity contribution in [1.82, 2.24) is 9.55 Å². The van der Waals surface area contributed by atoms with E-state index >= 15 is 0 Å². The van der Waals surface area contributed by atoms with Gasteiger partial charge >= 0.3 is 0 Å². The van der Waals surface area contributed by atoms with Crippen molar-refractivity contribution >= 4 is 39.2 Å². The summed E-state index contributed by atoms with van der Waals surface area (Å²) >= 11 is 2.18. The molecule has 0 saturated heterocycles. The number of aryl methyl sites for hydroxylation is 1. The number of ether oxygens (including phenoxy) is 1. The van der Waals surface area contributed by atoms with Crippen LogP contribution in [0.25, 0.3) is 10.9 Å². The van der Waals surface area contributed by atoms with Gasteiger partial charge in [-0.05, 0) is 59.3 Å². The number of aliphatic hydroxyl groups is 1. The maximum atomic E-state index is 13.1. The fourth-order valence-electron chi connectivity index (χ4n) is 2.79. The lowest BCUT2D eigenvalue weighted by Crippen LogP contribution is -2.25. The summed E-state index contributed by atoms with van der Waals surface area (Å²) in [5, 5.41) is 12.7. The van der Waals surface area contributed by atoms with Gasteiger partial charge in [0.05, 0.1) is 31.2 Å². The maximum Gasteiger partial charge on any atom is 0.261 e. The Morgan fingerprint density at radius 1 is 1.27 bits per heavy atom. The molecule has 136 valence electrons. The number of aliphatic hydroxyl groups excluding tert-OH is 1. The van der Waals surface area contributed by atoms with Crippen molar-refractivity contribution in [3.63, 3.8) is 0 Å². The van der Waals surface area contributed by atoms with E-state index < -0.39 is 0 Å². The molecule has 1 heterocycles. The lowest BCUT2D eigenvalue weighted by atomic mass is 10.2. The van der Waals surface area contributed by atoms with E-state index in [-0.39, 0.29) is 12.2 Å². The Morgan fingerprint density at radius 2 is 2.00 bits per heavy atom. The lowest BCUT2D eigenvalue weighted by Gasteiger charge is -2.13. The quantitative estimate of drug-likeness (QED) is 0.548. The Hall–Kier alpha value is -2.13. The molecule has 0 bridgehead atoms. The third kappa shape index (κ3) is 3.83. The maximum absolute atomic E-state index is 13.1. The monoisotopic (exact) mass is 465 g/mol. The number of anilines is 1. The highest BCUT2D eigenvalue weighted by molar-refractivity contribution is 14.1. The predicted octanol–water partition coefficient (Wildman–Crippen LogP) is 2.77. The van der Waals surface area contributed by atoms with Crippen LogP contribution in [0.1, 0.15) is 11.4 Å². The molecule has 0 amide bonds. The minimum Gasteiger partial charge on any atom is -0.497 e. The number of halogens is 1. The van der Waals surface area contributed by atoms with Gasteiger partial charge < -0.3 is 15.2 Å². The van der Waals surface area contributed by atoms with Crippen LogP contribution >= 0.6 is 22.6 Å². The second kappa shape index (κ2) is 8.05. The number of fused-ring (bicyclic) bond motifs is 1. The van der Waals surface area contributed by atoms with Gasteiger partial charge in [0.15, 0.2) is 0 Å². The molecule has 0 spiro atoms. The molecule has 0 aliphatic rings. The van der Waals surface area contributed by atoms with E-state index in [0.29, 0.717) is 29.8 Å². The van der Waals surface area contributed by atoms with Crippen LogP contribution in [0, 0.1) is 10.5 Å². The van der Waals surface area contributed by atoms with E-state index in [4.69, 9.17) is 9.84 Å². The Morgan fingerprint density at radius 3 is 2.65 bits per heavy atom. The van der Waals surface area contributed by atoms with E-state index in [1.165, 1.54) is 0 Å². The van der Waals surface area contributed by atoms with Gasteiger partial charge in [-0.2, -0.15) is 0 Å². The van der Waals surface area contributed by atoms with Gasteiger partial charge in [0.2, 0.25) is 0 Å². The second-order valence-electron chi connectivity index (χ2n) is 5.90. The summed E-state index contributed by atoms with van der Waals surface area (Å²) in [5.41, 5.74) is 2.43. The summed E-state index contributed by atoms with van der Waals surface area (Å²) in [5.74, 6) is 1.45. The van der Waals surface area contributed by atoms with Crippen LogP contribution in [0.2, 0.25) is 0 Å². The van der Waals surface area contributed by atoms with Crippen LogP contribution in [0.15, 0.2) is 41.2 Å². The average Bonchev–Trinajstić information content (AvgIpc) is 2.65. The molecule has 3 aromatic rings. The highest BCUT2D eigenvalue weighted by atomic mass is 127. The molecule has 3 rings (SSSR count).